The lowest BCUT2D eigenvalue weighted by molar-refractivity contribution is 0.103. The SMILES string of the molecule is CC1(C)C2CCC1(C)C(Cc1ccc(-c3ccnc(-c4ccccc4)c3)cc1)C2. The highest BCUT2D eigenvalue weighted by Crippen LogP contribution is 2.68. The van der Waals surface area contributed by atoms with Gasteiger partial charge < -0.3 is 0 Å². The Morgan fingerprint density at radius 3 is 2.28 bits per heavy atom. The number of benzene rings is 2. The second-order valence-electron chi connectivity index (χ2n) is 10.0. The van der Waals surface area contributed by atoms with Crippen LogP contribution in [-0.4, -0.2) is 4.98 Å². The number of pyridine rings is 1. The average Bonchev–Trinajstić information content (AvgIpc) is 3.09. The van der Waals surface area contributed by atoms with E-state index in [1.54, 1.807) is 0 Å². The summed E-state index contributed by atoms with van der Waals surface area (Å²) in [6.07, 6.45) is 7.40. The van der Waals surface area contributed by atoms with Gasteiger partial charge in [0.05, 0.1) is 5.69 Å². The van der Waals surface area contributed by atoms with Gasteiger partial charge in [0.15, 0.2) is 0 Å². The number of fused-ring (bicyclic) bond motifs is 2. The Labute approximate surface area is 175 Å². The fourth-order valence-electron chi connectivity index (χ4n) is 6.17. The smallest absolute Gasteiger partial charge is 0.0708 e. The number of hydrogen-bond donors (Lipinski definition) is 0. The van der Waals surface area contributed by atoms with Crippen molar-refractivity contribution in [2.45, 2.75) is 46.5 Å². The molecule has 0 spiro atoms. The molecule has 2 bridgehead atoms. The molecule has 2 fully saturated rings. The van der Waals surface area contributed by atoms with E-state index in [9.17, 15) is 0 Å². The Bertz CT molecular complexity index is 1000. The molecule has 2 aliphatic rings. The summed E-state index contributed by atoms with van der Waals surface area (Å²) in [6.45, 7) is 7.59. The van der Waals surface area contributed by atoms with Crippen LogP contribution < -0.4 is 0 Å². The molecule has 0 amide bonds. The van der Waals surface area contributed by atoms with E-state index in [0.29, 0.717) is 10.8 Å². The molecule has 1 nitrogen and oxygen atoms in total. The lowest BCUT2D eigenvalue weighted by atomic mass is 9.65. The highest BCUT2D eigenvalue weighted by atomic mass is 14.7. The molecule has 5 rings (SSSR count). The average molecular weight is 382 g/mol. The normalized spacial score (nSPS) is 27.3. The van der Waals surface area contributed by atoms with Crippen molar-refractivity contribution >= 4 is 0 Å². The molecule has 0 N–H and O–H groups in total. The van der Waals surface area contributed by atoms with Crippen molar-refractivity contribution in [2.75, 3.05) is 0 Å². The Morgan fingerprint density at radius 2 is 1.62 bits per heavy atom. The molecule has 2 aliphatic carbocycles. The number of nitrogens with zero attached hydrogens (tertiary/aromatic N) is 1. The lowest BCUT2D eigenvalue weighted by Gasteiger charge is -2.39. The van der Waals surface area contributed by atoms with E-state index in [1.807, 2.05) is 12.3 Å². The van der Waals surface area contributed by atoms with Crippen molar-refractivity contribution in [2.24, 2.45) is 22.7 Å². The molecule has 1 heterocycles. The Hall–Kier alpha value is -2.41. The molecule has 29 heavy (non-hydrogen) atoms. The molecular formula is C28H31N. The number of aromatic nitrogens is 1. The molecule has 0 radical (unpaired) electrons. The van der Waals surface area contributed by atoms with Gasteiger partial charge >= 0.3 is 0 Å². The van der Waals surface area contributed by atoms with E-state index in [2.05, 4.69) is 86.4 Å². The van der Waals surface area contributed by atoms with Crippen LogP contribution in [0.15, 0.2) is 72.9 Å². The predicted molar refractivity (Wildman–Crippen MR) is 122 cm³/mol. The molecule has 3 atom stereocenters. The van der Waals surface area contributed by atoms with Crippen LogP contribution in [0.5, 0.6) is 0 Å². The van der Waals surface area contributed by atoms with Gasteiger partial charge in [0.2, 0.25) is 0 Å². The minimum atomic E-state index is 0.502. The predicted octanol–water partition coefficient (Wildman–Crippen LogP) is 7.42. The molecule has 3 unspecified atom stereocenters. The van der Waals surface area contributed by atoms with Crippen molar-refractivity contribution in [1.29, 1.82) is 0 Å². The summed E-state index contributed by atoms with van der Waals surface area (Å²) in [6, 6.07) is 24.0. The first-order valence-electron chi connectivity index (χ1n) is 11.1. The van der Waals surface area contributed by atoms with Gasteiger partial charge in [-0.1, -0.05) is 75.4 Å². The summed E-state index contributed by atoms with van der Waals surface area (Å²) in [7, 11) is 0. The van der Waals surface area contributed by atoms with Crippen LogP contribution in [0.25, 0.3) is 22.4 Å². The molecule has 148 valence electrons. The highest BCUT2D eigenvalue weighted by molar-refractivity contribution is 5.70. The van der Waals surface area contributed by atoms with E-state index >= 15 is 0 Å². The lowest BCUT2D eigenvalue weighted by Crippen LogP contribution is -2.33. The molecule has 1 aromatic heterocycles. The van der Waals surface area contributed by atoms with Gasteiger partial charge in [0.1, 0.15) is 0 Å². The quantitative estimate of drug-likeness (QED) is 0.458. The maximum atomic E-state index is 4.56. The van der Waals surface area contributed by atoms with Crippen LogP contribution in [-0.2, 0) is 6.42 Å². The van der Waals surface area contributed by atoms with Gasteiger partial charge in [-0.05, 0) is 77.2 Å². The standard InChI is InChI=1S/C28H31N/c1-27(2)24-13-15-28(27,3)25(19-24)17-20-9-11-21(12-10-20)23-14-16-29-26(18-23)22-7-5-4-6-8-22/h4-12,14,16,18,24-25H,13,15,17,19H2,1-3H3. The van der Waals surface area contributed by atoms with Crippen molar-refractivity contribution in [3.05, 3.63) is 78.5 Å². The highest BCUT2D eigenvalue weighted by Gasteiger charge is 2.60. The molecule has 2 aromatic carbocycles. The van der Waals surface area contributed by atoms with E-state index < -0.39 is 0 Å². The van der Waals surface area contributed by atoms with Crippen LogP contribution in [0, 0.1) is 22.7 Å². The second-order valence-corrected chi connectivity index (χ2v) is 10.0. The maximum Gasteiger partial charge on any atom is 0.0708 e. The summed E-state index contributed by atoms with van der Waals surface area (Å²) in [4.78, 5) is 4.56. The first-order chi connectivity index (χ1) is 14.0. The van der Waals surface area contributed by atoms with E-state index in [-0.39, 0.29) is 0 Å². The minimum absolute atomic E-state index is 0.502. The van der Waals surface area contributed by atoms with Gasteiger partial charge in [-0.3, -0.25) is 4.98 Å². The summed E-state index contributed by atoms with van der Waals surface area (Å²) >= 11 is 0. The Morgan fingerprint density at radius 1 is 0.862 bits per heavy atom. The molecular weight excluding hydrogens is 350 g/mol. The van der Waals surface area contributed by atoms with Gasteiger partial charge in [-0.25, -0.2) is 0 Å². The molecule has 2 saturated carbocycles. The zero-order chi connectivity index (χ0) is 20.1. The summed E-state index contributed by atoms with van der Waals surface area (Å²) in [5.74, 6) is 1.75. The topological polar surface area (TPSA) is 12.9 Å². The third kappa shape index (κ3) is 3.03. The van der Waals surface area contributed by atoms with Gasteiger partial charge in [-0.2, -0.15) is 0 Å². The Balaban J connectivity index is 1.35. The molecule has 0 saturated heterocycles. The fraction of sp³-hybridized carbons (Fsp3) is 0.393. The van der Waals surface area contributed by atoms with Crippen molar-refractivity contribution in [3.63, 3.8) is 0 Å². The van der Waals surface area contributed by atoms with Crippen molar-refractivity contribution in [3.8, 4) is 22.4 Å². The zero-order valence-corrected chi connectivity index (χ0v) is 17.9. The van der Waals surface area contributed by atoms with Crippen LogP contribution in [0.2, 0.25) is 0 Å². The monoisotopic (exact) mass is 381 g/mol. The number of rotatable bonds is 4. The number of hydrogen-bond acceptors (Lipinski definition) is 1. The summed E-state index contributed by atoms with van der Waals surface area (Å²) < 4.78 is 0. The largest absolute Gasteiger partial charge is 0.256 e. The van der Waals surface area contributed by atoms with Gasteiger partial charge in [-0.15, -0.1) is 0 Å². The fourth-order valence-corrected chi connectivity index (χ4v) is 6.17. The van der Waals surface area contributed by atoms with Gasteiger partial charge in [0.25, 0.3) is 0 Å². The minimum Gasteiger partial charge on any atom is -0.256 e. The van der Waals surface area contributed by atoms with Crippen LogP contribution >= 0.6 is 0 Å². The summed E-state index contributed by atoms with van der Waals surface area (Å²) in [5, 5.41) is 0. The van der Waals surface area contributed by atoms with E-state index in [4.69, 9.17) is 0 Å². The maximum absolute atomic E-state index is 4.56. The van der Waals surface area contributed by atoms with Gasteiger partial charge in [0, 0.05) is 11.8 Å². The first kappa shape index (κ1) is 18.6. The third-order valence-corrected chi connectivity index (χ3v) is 8.57. The van der Waals surface area contributed by atoms with E-state index in [1.165, 1.54) is 42.4 Å². The molecule has 0 aliphatic heterocycles. The van der Waals surface area contributed by atoms with E-state index in [0.717, 1.165) is 23.1 Å². The van der Waals surface area contributed by atoms with Crippen LogP contribution in [0.4, 0.5) is 0 Å². The van der Waals surface area contributed by atoms with Crippen LogP contribution in [0.1, 0.15) is 45.6 Å². The first-order valence-corrected chi connectivity index (χ1v) is 11.1. The molecule has 3 aromatic rings. The van der Waals surface area contributed by atoms with Crippen molar-refractivity contribution < 1.29 is 0 Å². The summed E-state index contributed by atoms with van der Waals surface area (Å²) in [5.41, 5.74) is 7.20. The third-order valence-electron chi connectivity index (χ3n) is 8.57. The second kappa shape index (κ2) is 6.83. The zero-order valence-electron chi connectivity index (χ0n) is 17.9. The molecule has 1 heteroatoms. The van der Waals surface area contributed by atoms with Crippen LogP contribution in [0.3, 0.4) is 0 Å². The Kier molecular flexibility index (Phi) is 4.38. The van der Waals surface area contributed by atoms with Crippen molar-refractivity contribution in [1.82, 2.24) is 4.98 Å².